The van der Waals surface area contributed by atoms with Gasteiger partial charge in [0.05, 0.1) is 12.2 Å². The third-order valence-electron chi connectivity index (χ3n) is 1.86. The maximum absolute atomic E-state index is 11.5. The zero-order valence-electron chi connectivity index (χ0n) is 10.8. The lowest BCUT2D eigenvalue weighted by Gasteiger charge is -2.12. The van der Waals surface area contributed by atoms with E-state index in [1.807, 2.05) is 0 Å². The van der Waals surface area contributed by atoms with Crippen LogP contribution in [0.1, 0.15) is 41.5 Å². The lowest BCUT2D eigenvalue weighted by molar-refractivity contribution is -0.146. The molecule has 0 bridgehead atoms. The Hall–Kier alpha value is -1.32. The predicted molar refractivity (Wildman–Crippen MR) is 60.8 cm³/mol. The van der Waals surface area contributed by atoms with Gasteiger partial charge in [-0.15, -0.1) is 0 Å². The van der Waals surface area contributed by atoms with Crippen molar-refractivity contribution >= 4 is 11.9 Å². The second-order valence-corrected chi connectivity index (χ2v) is 4.16. The van der Waals surface area contributed by atoms with Crippen LogP contribution in [0.5, 0.6) is 0 Å². The van der Waals surface area contributed by atoms with E-state index in [9.17, 15) is 9.59 Å². The van der Waals surface area contributed by atoms with Crippen molar-refractivity contribution in [3.63, 3.8) is 0 Å². The van der Waals surface area contributed by atoms with E-state index in [1.165, 1.54) is 0 Å². The molecule has 0 aromatic heterocycles. The molecule has 0 saturated heterocycles. The molecule has 16 heavy (non-hydrogen) atoms. The summed E-state index contributed by atoms with van der Waals surface area (Å²) in [5, 5.41) is 0. The standard InChI is InChI=1S/C12H20O4/c1-7(2)15-11(13)9(5)10(6)12(14)16-8(3)4/h7-8H,1-6H3/b10-9-. The quantitative estimate of drug-likeness (QED) is 0.547. The Bertz CT molecular complexity index is 270. The summed E-state index contributed by atoms with van der Waals surface area (Å²) < 4.78 is 9.97. The van der Waals surface area contributed by atoms with Crippen LogP contribution in [0.15, 0.2) is 11.1 Å². The summed E-state index contributed by atoms with van der Waals surface area (Å²) in [6, 6.07) is 0. The van der Waals surface area contributed by atoms with Crippen LogP contribution >= 0.6 is 0 Å². The van der Waals surface area contributed by atoms with E-state index in [0.717, 1.165) is 0 Å². The highest BCUT2D eigenvalue weighted by atomic mass is 16.5. The molecule has 0 aromatic rings. The normalized spacial score (nSPS) is 12.5. The first kappa shape index (κ1) is 14.7. The summed E-state index contributed by atoms with van der Waals surface area (Å²) in [6.45, 7) is 10.1. The largest absolute Gasteiger partial charge is 0.460 e. The van der Waals surface area contributed by atoms with Crippen molar-refractivity contribution in [2.45, 2.75) is 53.8 Å². The number of carbonyl (C=O) groups is 2. The number of carbonyl (C=O) groups excluding carboxylic acids is 2. The number of ether oxygens (including phenoxy) is 2. The average Bonchev–Trinajstić information content (AvgIpc) is 2.13. The molecule has 0 aliphatic rings. The first-order valence-corrected chi connectivity index (χ1v) is 5.35. The first-order chi connectivity index (χ1) is 7.25. The molecule has 0 fully saturated rings. The number of hydrogen-bond donors (Lipinski definition) is 0. The van der Waals surface area contributed by atoms with Gasteiger partial charge in [0.2, 0.25) is 0 Å². The summed E-state index contributed by atoms with van der Waals surface area (Å²) >= 11 is 0. The maximum Gasteiger partial charge on any atom is 0.334 e. The van der Waals surface area contributed by atoms with Crippen molar-refractivity contribution in [3.05, 3.63) is 11.1 Å². The number of hydrogen-bond acceptors (Lipinski definition) is 4. The molecular formula is C12H20O4. The Morgan fingerprint density at radius 3 is 1.19 bits per heavy atom. The average molecular weight is 228 g/mol. The van der Waals surface area contributed by atoms with Crippen molar-refractivity contribution < 1.29 is 19.1 Å². The van der Waals surface area contributed by atoms with Gasteiger partial charge in [-0.3, -0.25) is 0 Å². The summed E-state index contributed by atoms with van der Waals surface area (Å²) in [6.07, 6.45) is -0.396. The highest BCUT2D eigenvalue weighted by Crippen LogP contribution is 2.10. The number of esters is 2. The van der Waals surface area contributed by atoms with E-state index in [4.69, 9.17) is 9.47 Å². The molecule has 0 N–H and O–H groups in total. The van der Waals surface area contributed by atoms with Crippen LogP contribution in [0.4, 0.5) is 0 Å². The molecule has 0 heterocycles. The second kappa shape index (κ2) is 6.30. The summed E-state index contributed by atoms with van der Waals surface area (Å²) in [5.74, 6) is -0.957. The monoisotopic (exact) mass is 228 g/mol. The topological polar surface area (TPSA) is 52.6 Å². The lowest BCUT2D eigenvalue weighted by Crippen LogP contribution is -2.18. The Morgan fingerprint density at radius 1 is 0.750 bits per heavy atom. The van der Waals surface area contributed by atoms with Crippen molar-refractivity contribution in [3.8, 4) is 0 Å². The van der Waals surface area contributed by atoms with Crippen molar-refractivity contribution in [2.75, 3.05) is 0 Å². The molecule has 0 unspecified atom stereocenters. The fourth-order valence-corrected chi connectivity index (χ4v) is 0.911. The summed E-state index contributed by atoms with van der Waals surface area (Å²) in [7, 11) is 0. The molecule has 4 heteroatoms. The fraction of sp³-hybridized carbons (Fsp3) is 0.667. The molecule has 0 atom stereocenters. The predicted octanol–water partition coefficient (Wildman–Crippen LogP) is 2.23. The molecule has 0 rings (SSSR count). The first-order valence-electron chi connectivity index (χ1n) is 5.35. The van der Waals surface area contributed by atoms with Gasteiger partial charge in [0.1, 0.15) is 0 Å². The van der Waals surface area contributed by atoms with Gasteiger partial charge in [-0.25, -0.2) is 9.59 Å². The minimum Gasteiger partial charge on any atom is -0.460 e. The second-order valence-electron chi connectivity index (χ2n) is 4.16. The molecule has 0 aliphatic heterocycles. The van der Waals surface area contributed by atoms with Crippen LogP contribution in [0.3, 0.4) is 0 Å². The zero-order chi connectivity index (χ0) is 12.9. The lowest BCUT2D eigenvalue weighted by atomic mass is 10.1. The van der Waals surface area contributed by atoms with Crippen molar-refractivity contribution in [1.82, 2.24) is 0 Å². The van der Waals surface area contributed by atoms with E-state index < -0.39 is 11.9 Å². The number of rotatable bonds is 4. The van der Waals surface area contributed by atoms with Crippen LogP contribution in [0.25, 0.3) is 0 Å². The summed E-state index contributed by atoms with van der Waals surface area (Å²) in [5.41, 5.74) is 0.582. The van der Waals surface area contributed by atoms with Crippen LogP contribution in [-0.4, -0.2) is 24.1 Å². The Kier molecular flexibility index (Phi) is 5.78. The molecule has 92 valence electrons. The molecule has 0 amide bonds. The molecule has 0 radical (unpaired) electrons. The Morgan fingerprint density at radius 2 is 1.00 bits per heavy atom. The van der Waals surface area contributed by atoms with Crippen LogP contribution < -0.4 is 0 Å². The van der Waals surface area contributed by atoms with Gasteiger partial charge in [-0.1, -0.05) is 0 Å². The van der Waals surface area contributed by atoms with E-state index in [-0.39, 0.29) is 12.2 Å². The van der Waals surface area contributed by atoms with Gasteiger partial charge >= 0.3 is 11.9 Å². The van der Waals surface area contributed by atoms with E-state index >= 15 is 0 Å². The van der Waals surface area contributed by atoms with Gasteiger partial charge in [-0.2, -0.15) is 0 Å². The van der Waals surface area contributed by atoms with E-state index in [1.54, 1.807) is 41.5 Å². The Labute approximate surface area is 96.6 Å². The van der Waals surface area contributed by atoms with Crippen molar-refractivity contribution in [1.29, 1.82) is 0 Å². The zero-order valence-corrected chi connectivity index (χ0v) is 10.8. The highest BCUT2D eigenvalue weighted by Gasteiger charge is 2.17. The SMILES string of the molecule is C/C(C(=O)OC(C)C)=C(\C)C(=O)OC(C)C. The summed E-state index contributed by atoms with van der Waals surface area (Å²) in [4.78, 5) is 23.0. The van der Waals surface area contributed by atoms with E-state index in [2.05, 4.69) is 0 Å². The third-order valence-corrected chi connectivity index (χ3v) is 1.86. The molecule has 4 nitrogen and oxygen atoms in total. The van der Waals surface area contributed by atoms with Gasteiger partial charge in [0.15, 0.2) is 0 Å². The van der Waals surface area contributed by atoms with Crippen LogP contribution in [-0.2, 0) is 19.1 Å². The van der Waals surface area contributed by atoms with Gasteiger partial charge < -0.3 is 9.47 Å². The molecule has 0 spiro atoms. The molecular weight excluding hydrogens is 208 g/mol. The molecule has 0 aromatic carbocycles. The highest BCUT2D eigenvalue weighted by molar-refractivity contribution is 5.99. The minimum absolute atomic E-state index is 0.198. The molecule has 0 aliphatic carbocycles. The van der Waals surface area contributed by atoms with Crippen LogP contribution in [0, 0.1) is 0 Å². The maximum atomic E-state index is 11.5. The van der Waals surface area contributed by atoms with E-state index in [0.29, 0.717) is 11.1 Å². The third kappa shape index (κ3) is 4.96. The van der Waals surface area contributed by atoms with Gasteiger partial charge in [-0.05, 0) is 41.5 Å². The van der Waals surface area contributed by atoms with Crippen molar-refractivity contribution in [2.24, 2.45) is 0 Å². The fourth-order valence-electron chi connectivity index (χ4n) is 0.911. The minimum atomic E-state index is -0.479. The smallest absolute Gasteiger partial charge is 0.334 e. The van der Waals surface area contributed by atoms with Gasteiger partial charge in [0, 0.05) is 11.1 Å². The van der Waals surface area contributed by atoms with Crippen LogP contribution in [0.2, 0.25) is 0 Å². The Balaban J connectivity index is 4.68. The molecule has 0 saturated carbocycles. The van der Waals surface area contributed by atoms with Gasteiger partial charge in [0.25, 0.3) is 0 Å².